The lowest BCUT2D eigenvalue weighted by Crippen LogP contribution is -2.79. The molecule has 0 bridgehead atoms. The highest BCUT2D eigenvalue weighted by molar-refractivity contribution is 7.65. The van der Waals surface area contributed by atoms with E-state index in [-0.39, 0.29) is 0 Å². The Morgan fingerprint density at radius 3 is 0.500 bits per heavy atom. The molecule has 0 N–H and O–H groups in total. The van der Waals surface area contributed by atoms with Gasteiger partial charge in [0.1, 0.15) is 0 Å². The standard InChI is InChI=1S/C13Cl3F27Si/c14-44(15,16)13(42,43)11(37,38)9(33,34)7(29,30)5(25,26)3(21,22)1(17,18)2(19,20)4(23,24)6(27,28)8(31,32)10(35,36)12(39,40)41. The van der Waals surface area contributed by atoms with Gasteiger partial charge in [0.05, 0.1) is 0 Å². The van der Waals surface area contributed by atoms with E-state index in [1.807, 2.05) is 0 Å². The molecule has 0 aliphatic heterocycles. The van der Waals surface area contributed by atoms with Crippen LogP contribution in [0.15, 0.2) is 0 Å². The van der Waals surface area contributed by atoms with Gasteiger partial charge in [-0.15, -0.1) is 33.2 Å². The first kappa shape index (κ1) is 43.2. The Hall–Kier alpha value is -0.803. The summed E-state index contributed by atoms with van der Waals surface area (Å²) < 4.78 is 359. The molecule has 0 unspecified atom stereocenters. The third-order valence-electron chi connectivity index (χ3n) is 5.05. The van der Waals surface area contributed by atoms with E-state index in [0.29, 0.717) is 0 Å². The van der Waals surface area contributed by atoms with Crippen LogP contribution in [0.5, 0.6) is 0 Å². The predicted octanol–water partition coefficient (Wildman–Crippen LogP) is 10.4. The van der Waals surface area contributed by atoms with Crippen LogP contribution in [0.25, 0.3) is 0 Å². The second-order valence-electron chi connectivity index (χ2n) is 7.89. The van der Waals surface area contributed by atoms with Gasteiger partial charge in [-0.25, -0.2) is 0 Å². The van der Waals surface area contributed by atoms with Crippen molar-refractivity contribution in [2.24, 2.45) is 0 Å². The van der Waals surface area contributed by atoms with Crippen molar-refractivity contribution >= 4 is 39.2 Å². The van der Waals surface area contributed by atoms with E-state index in [0.717, 1.165) is 0 Å². The smallest absolute Gasteiger partial charge is 0.200 e. The Bertz CT molecular complexity index is 982. The van der Waals surface area contributed by atoms with Crippen molar-refractivity contribution in [2.45, 2.75) is 76.9 Å². The molecule has 0 rings (SSSR count). The van der Waals surface area contributed by atoms with Crippen molar-refractivity contribution < 1.29 is 119 Å². The number of hydrogen-bond acceptors (Lipinski definition) is 0. The molecule has 31 heteroatoms. The van der Waals surface area contributed by atoms with E-state index in [4.69, 9.17) is 0 Å². The molecule has 0 heterocycles. The molecule has 0 aromatic rings. The topological polar surface area (TPSA) is 0 Å². The molecule has 0 aromatic heterocycles. The van der Waals surface area contributed by atoms with E-state index in [2.05, 4.69) is 33.2 Å². The maximum absolute atomic E-state index is 13.7. The molecule has 44 heavy (non-hydrogen) atoms. The number of alkyl halides is 27. The van der Waals surface area contributed by atoms with Crippen LogP contribution in [0.3, 0.4) is 0 Å². The van der Waals surface area contributed by atoms with Crippen molar-refractivity contribution in [3.05, 3.63) is 0 Å². The van der Waals surface area contributed by atoms with Gasteiger partial charge in [-0.2, -0.15) is 119 Å². The van der Waals surface area contributed by atoms with Crippen LogP contribution in [-0.4, -0.2) is 82.9 Å². The Morgan fingerprint density at radius 2 is 0.364 bits per heavy atom. The summed E-state index contributed by atoms with van der Waals surface area (Å²) in [4.78, 5) is 0. The first-order chi connectivity index (χ1) is 18.2. The van der Waals surface area contributed by atoms with Crippen LogP contribution in [0.2, 0.25) is 0 Å². The van der Waals surface area contributed by atoms with E-state index in [1.165, 1.54) is 0 Å². The molecular formula is C13Cl3F27Si. The normalized spacial score (nSPS) is 17.3. The lowest BCUT2D eigenvalue weighted by molar-refractivity contribution is -0.483. The fourth-order valence-corrected chi connectivity index (χ4v) is 3.91. The summed E-state index contributed by atoms with van der Waals surface area (Å²) in [5, 5.41) is 0. The third-order valence-corrected chi connectivity index (χ3v) is 8.21. The molecule has 0 spiro atoms. The molecule has 0 radical (unpaired) electrons. The average molecular weight is 804 g/mol. The van der Waals surface area contributed by atoms with Gasteiger partial charge in [0.25, 0.3) is 0 Å². The molecule has 0 aliphatic carbocycles. The second-order valence-corrected chi connectivity index (χ2v) is 16.4. The molecule has 0 amide bonds. The van der Waals surface area contributed by atoms with E-state index >= 15 is 0 Å². The fraction of sp³-hybridized carbons (Fsp3) is 1.00. The summed E-state index contributed by atoms with van der Waals surface area (Å²) >= 11 is 12.5. The minimum absolute atomic E-state index is 4.16. The van der Waals surface area contributed by atoms with Crippen LogP contribution in [0.1, 0.15) is 0 Å². The average Bonchev–Trinajstić information content (AvgIpc) is 2.75. The molecule has 0 saturated heterocycles. The number of rotatable bonds is 12. The van der Waals surface area contributed by atoms with Gasteiger partial charge in [0, 0.05) is 0 Å². The highest BCUT2D eigenvalue weighted by Crippen LogP contribution is 2.69. The minimum Gasteiger partial charge on any atom is -0.200 e. The Labute approximate surface area is 235 Å². The van der Waals surface area contributed by atoms with Gasteiger partial charge in [-0.05, 0) is 0 Å². The summed E-state index contributed by atoms with van der Waals surface area (Å²) in [5.41, 5.74) is -7.38. The molecule has 266 valence electrons. The zero-order valence-electron chi connectivity index (χ0n) is 18.3. The van der Waals surface area contributed by atoms with Crippen molar-refractivity contribution in [3.8, 4) is 0 Å². The van der Waals surface area contributed by atoms with Gasteiger partial charge < -0.3 is 0 Å². The maximum Gasteiger partial charge on any atom is 0.460 e. The van der Waals surface area contributed by atoms with Crippen molar-refractivity contribution in [1.29, 1.82) is 0 Å². The molecule has 0 nitrogen and oxygen atoms in total. The van der Waals surface area contributed by atoms with Gasteiger partial charge in [0.15, 0.2) is 0 Å². The van der Waals surface area contributed by atoms with E-state index < -0.39 is 82.9 Å². The van der Waals surface area contributed by atoms with Gasteiger partial charge in [-0.1, -0.05) is 0 Å². The van der Waals surface area contributed by atoms with E-state index in [9.17, 15) is 119 Å². The number of hydrogen-bond donors (Lipinski definition) is 0. The summed E-state index contributed by atoms with van der Waals surface area (Å²) in [6.45, 7) is 0. The van der Waals surface area contributed by atoms with Gasteiger partial charge in [0.2, 0.25) is 0 Å². The maximum atomic E-state index is 13.7. The van der Waals surface area contributed by atoms with Crippen LogP contribution in [0, 0.1) is 0 Å². The van der Waals surface area contributed by atoms with Crippen molar-refractivity contribution in [2.75, 3.05) is 0 Å². The Balaban J connectivity index is 7.52. The zero-order valence-corrected chi connectivity index (χ0v) is 21.6. The van der Waals surface area contributed by atoms with Gasteiger partial charge in [-0.3, -0.25) is 0 Å². The highest BCUT2D eigenvalue weighted by Gasteiger charge is 3.00. The largest absolute Gasteiger partial charge is 0.460 e. The van der Waals surface area contributed by atoms with Crippen LogP contribution in [0.4, 0.5) is 119 Å². The van der Waals surface area contributed by atoms with Crippen molar-refractivity contribution in [3.63, 3.8) is 0 Å². The SMILES string of the molecule is FC(F)(F)C(F)(F)C(F)(F)C(F)(F)C(F)(F)C(F)(F)C(F)(F)C(F)(F)C(F)(F)C(F)(F)C(F)(F)C(F)(F)C(F)(F)[Si](Cl)(Cl)Cl. The summed E-state index contributed by atoms with van der Waals surface area (Å²) in [6, 6.07) is -7.05. The first-order valence-electron chi connectivity index (χ1n) is 8.92. The molecule has 0 atom stereocenters. The molecule has 0 fully saturated rings. The second kappa shape index (κ2) is 10.3. The Kier molecular flexibility index (Phi) is 10.2. The first-order valence-corrected chi connectivity index (χ1v) is 14.0. The van der Waals surface area contributed by atoms with Crippen LogP contribution < -0.4 is 0 Å². The molecular weight excluding hydrogens is 804 g/mol. The van der Waals surface area contributed by atoms with Crippen LogP contribution >= 0.6 is 33.2 Å². The molecule has 0 aromatic carbocycles. The summed E-state index contributed by atoms with van der Waals surface area (Å²) in [7, 11) is 0. The predicted molar refractivity (Wildman–Crippen MR) is 88.7 cm³/mol. The van der Waals surface area contributed by atoms with Gasteiger partial charge >= 0.3 is 82.9 Å². The molecule has 0 aliphatic rings. The minimum atomic E-state index is -9.82. The lowest BCUT2D eigenvalue weighted by atomic mass is 9.84. The van der Waals surface area contributed by atoms with E-state index in [1.54, 1.807) is 0 Å². The molecule has 0 saturated carbocycles. The lowest BCUT2D eigenvalue weighted by Gasteiger charge is -2.46. The van der Waals surface area contributed by atoms with Crippen molar-refractivity contribution in [1.82, 2.24) is 0 Å². The Morgan fingerprint density at radius 1 is 0.227 bits per heavy atom. The quantitative estimate of drug-likeness (QED) is 0.105. The van der Waals surface area contributed by atoms with Crippen LogP contribution in [-0.2, 0) is 0 Å². The monoisotopic (exact) mass is 802 g/mol. The zero-order chi connectivity index (χ0) is 37.0. The highest BCUT2D eigenvalue weighted by atomic mass is 35.8. The fourth-order valence-electron chi connectivity index (χ4n) is 2.33. The third kappa shape index (κ3) is 4.93. The summed E-state index contributed by atoms with van der Waals surface area (Å²) in [5.74, 6) is -103. The number of halogens is 30. The summed E-state index contributed by atoms with van der Waals surface area (Å²) in [6.07, 6.45) is -8.25.